The molecule has 0 spiro atoms. The molecule has 1 amide bonds. The van der Waals surface area contributed by atoms with E-state index in [0.29, 0.717) is 24.5 Å². The molecule has 0 saturated heterocycles. The first-order valence-corrected chi connectivity index (χ1v) is 9.38. The zero-order valence-corrected chi connectivity index (χ0v) is 17.1. The predicted molar refractivity (Wildman–Crippen MR) is 107 cm³/mol. The monoisotopic (exact) mass is 428 g/mol. The molecule has 0 unspecified atom stereocenters. The molecule has 27 heavy (non-hydrogen) atoms. The number of rotatable bonds is 6. The SMILES string of the molecule is Cc1noc(C)c1COc1cccc(C(=O)N(C)Cc2ccccc2Br)c1. The van der Waals surface area contributed by atoms with E-state index in [1.165, 1.54) is 0 Å². The highest BCUT2D eigenvalue weighted by Crippen LogP contribution is 2.21. The van der Waals surface area contributed by atoms with Gasteiger partial charge in [-0.1, -0.05) is 45.4 Å². The molecule has 0 bridgehead atoms. The highest BCUT2D eigenvalue weighted by Gasteiger charge is 2.15. The van der Waals surface area contributed by atoms with E-state index in [4.69, 9.17) is 9.26 Å². The summed E-state index contributed by atoms with van der Waals surface area (Å²) in [5.74, 6) is 1.32. The molecule has 0 aliphatic heterocycles. The minimum Gasteiger partial charge on any atom is -0.489 e. The van der Waals surface area contributed by atoms with Crippen molar-refractivity contribution in [2.45, 2.75) is 27.0 Å². The fourth-order valence-corrected chi connectivity index (χ4v) is 3.17. The Hall–Kier alpha value is -2.60. The first-order valence-electron chi connectivity index (χ1n) is 8.59. The lowest BCUT2D eigenvalue weighted by atomic mass is 10.1. The van der Waals surface area contributed by atoms with E-state index in [1.54, 1.807) is 24.1 Å². The normalized spacial score (nSPS) is 10.7. The third-order valence-electron chi connectivity index (χ3n) is 4.36. The molecule has 5 nitrogen and oxygen atoms in total. The molecule has 0 aliphatic rings. The maximum Gasteiger partial charge on any atom is 0.254 e. The summed E-state index contributed by atoms with van der Waals surface area (Å²) in [6, 6.07) is 15.1. The van der Waals surface area contributed by atoms with E-state index in [-0.39, 0.29) is 5.91 Å². The predicted octanol–water partition coefficient (Wildman–Crippen LogP) is 4.91. The number of carbonyl (C=O) groups excluding carboxylic acids is 1. The molecule has 6 heteroatoms. The standard InChI is InChI=1S/C21H21BrN2O3/c1-14-19(15(2)27-23-14)13-26-18-9-6-8-16(11-18)21(25)24(3)12-17-7-4-5-10-20(17)22/h4-11H,12-13H2,1-3H3. The molecule has 0 aliphatic carbocycles. The Morgan fingerprint density at radius 2 is 1.96 bits per heavy atom. The van der Waals surface area contributed by atoms with Crippen molar-refractivity contribution in [2.75, 3.05) is 7.05 Å². The topological polar surface area (TPSA) is 55.6 Å². The minimum absolute atomic E-state index is 0.0615. The van der Waals surface area contributed by atoms with Crippen molar-refractivity contribution in [2.24, 2.45) is 0 Å². The number of aryl methyl sites for hydroxylation is 2. The van der Waals surface area contributed by atoms with Gasteiger partial charge < -0.3 is 14.2 Å². The Morgan fingerprint density at radius 3 is 2.67 bits per heavy atom. The summed E-state index contributed by atoms with van der Waals surface area (Å²) in [6.07, 6.45) is 0. The summed E-state index contributed by atoms with van der Waals surface area (Å²) in [5, 5.41) is 3.92. The maximum atomic E-state index is 12.8. The fraction of sp³-hybridized carbons (Fsp3) is 0.238. The van der Waals surface area contributed by atoms with Gasteiger partial charge in [0.1, 0.15) is 18.1 Å². The summed E-state index contributed by atoms with van der Waals surface area (Å²) in [7, 11) is 1.79. The van der Waals surface area contributed by atoms with Gasteiger partial charge in [0.2, 0.25) is 0 Å². The van der Waals surface area contributed by atoms with Crippen molar-refractivity contribution in [1.29, 1.82) is 0 Å². The fourth-order valence-electron chi connectivity index (χ4n) is 2.76. The zero-order valence-electron chi connectivity index (χ0n) is 15.5. The Bertz CT molecular complexity index is 933. The van der Waals surface area contributed by atoms with Gasteiger partial charge in [0.15, 0.2) is 0 Å². The molecule has 0 radical (unpaired) electrons. The van der Waals surface area contributed by atoms with Gasteiger partial charge in [-0.05, 0) is 43.7 Å². The van der Waals surface area contributed by atoms with Gasteiger partial charge in [0.05, 0.1) is 11.3 Å². The van der Waals surface area contributed by atoms with Crippen molar-refractivity contribution >= 4 is 21.8 Å². The molecular weight excluding hydrogens is 408 g/mol. The number of aromatic nitrogens is 1. The van der Waals surface area contributed by atoms with Crippen LogP contribution in [0.1, 0.15) is 32.9 Å². The van der Waals surface area contributed by atoms with Gasteiger partial charge in [-0.15, -0.1) is 0 Å². The molecule has 3 aromatic rings. The molecule has 3 rings (SSSR count). The molecule has 0 atom stereocenters. The Morgan fingerprint density at radius 1 is 1.19 bits per heavy atom. The number of carbonyl (C=O) groups is 1. The Balaban J connectivity index is 1.69. The third-order valence-corrected chi connectivity index (χ3v) is 5.13. The van der Waals surface area contributed by atoms with Crippen molar-refractivity contribution in [1.82, 2.24) is 10.1 Å². The molecule has 0 fully saturated rings. The van der Waals surface area contributed by atoms with Gasteiger partial charge >= 0.3 is 0 Å². The van der Waals surface area contributed by atoms with Crippen LogP contribution in [0, 0.1) is 13.8 Å². The molecule has 1 heterocycles. The average Bonchev–Trinajstić information content (AvgIpc) is 2.99. The maximum absolute atomic E-state index is 12.8. The average molecular weight is 429 g/mol. The van der Waals surface area contributed by atoms with E-state index in [9.17, 15) is 4.79 Å². The van der Waals surface area contributed by atoms with Crippen LogP contribution in [0.3, 0.4) is 0 Å². The highest BCUT2D eigenvalue weighted by atomic mass is 79.9. The molecule has 0 N–H and O–H groups in total. The van der Waals surface area contributed by atoms with Crippen LogP contribution in [0.4, 0.5) is 0 Å². The highest BCUT2D eigenvalue weighted by molar-refractivity contribution is 9.10. The second kappa shape index (κ2) is 8.39. The van der Waals surface area contributed by atoms with Crippen LogP contribution < -0.4 is 4.74 Å². The van der Waals surface area contributed by atoms with Gasteiger partial charge in [-0.2, -0.15) is 0 Å². The van der Waals surface area contributed by atoms with Gasteiger partial charge in [0, 0.05) is 23.6 Å². The quantitative estimate of drug-likeness (QED) is 0.559. The van der Waals surface area contributed by atoms with Crippen LogP contribution >= 0.6 is 15.9 Å². The van der Waals surface area contributed by atoms with Crippen molar-refractivity contribution in [3.8, 4) is 5.75 Å². The van der Waals surface area contributed by atoms with Crippen molar-refractivity contribution in [3.63, 3.8) is 0 Å². The second-order valence-corrected chi connectivity index (χ2v) is 7.23. The van der Waals surface area contributed by atoms with Crippen LogP contribution in [0.15, 0.2) is 57.5 Å². The summed E-state index contributed by atoms with van der Waals surface area (Å²) < 4.78 is 12.0. The Labute approximate surface area is 167 Å². The number of benzene rings is 2. The Kier molecular flexibility index (Phi) is 5.96. The van der Waals surface area contributed by atoms with Crippen LogP contribution in [-0.4, -0.2) is 23.0 Å². The van der Waals surface area contributed by atoms with Gasteiger partial charge in [-0.25, -0.2) is 0 Å². The molecule has 2 aromatic carbocycles. The zero-order chi connectivity index (χ0) is 19.4. The molecule has 1 aromatic heterocycles. The van der Waals surface area contributed by atoms with E-state index in [2.05, 4.69) is 21.1 Å². The van der Waals surface area contributed by atoms with Crippen molar-refractivity contribution in [3.05, 3.63) is 81.1 Å². The number of hydrogen-bond donors (Lipinski definition) is 0. The number of amides is 1. The van der Waals surface area contributed by atoms with Crippen molar-refractivity contribution < 1.29 is 14.1 Å². The molecular formula is C21H21BrN2O3. The van der Waals surface area contributed by atoms with E-state index in [0.717, 1.165) is 27.1 Å². The minimum atomic E-state index is -0.0615. The number of halogens is 1. The summed E-state index contributed by atoms with van der Waals surface area (Å²) in [6.45, 7) is 4.61. The van der Waals surface area contributed by atoms with Crippen LogP contribution in [0.2, 0.25) is 0 Å². The van der Waals surface area contributed by atoms with Crippen LogP contribution in [-0.2, 0) is 13.2 Å². The smallest absolute Gasteiger partial charge is 0.254 e. The first kappa shape index (κ1) is 19.2. The lowest BCUT2D eigenvalue weighted by molar-refractivity contribution is 0.0784. The molecule has 0 saturated carbocycles. The van der Waals surface area contributed by atoms with E-state index in [1.807, 2.05) is 50.2 Å². The van der Waals surface area contributed by atoms with Crippen LogP contribution in [0.5, 0.6) is 5.75 Å². The third kappa shape index (κ3) is 4.57. The first-order chi connectivity index (χ1) is 13.0. The van der Waals surface area contributed by atoms with Gasteiger partial charge in [0.25, 0.3) is 5.91 Å². The number of ether oxygens (including phenoxy) is 1. The van der Waals surface area contributed by atoms with Gasteiger partial charge in [-0.3, -0.25) is 4.79 Å². The largest absolute Gasteiger partial charge is 0.489 e. The van der Waals surface area contributed by atoms with E-state index >= 15 is 0 Å². The number of hydrogen-bond acceptors (Lipinski definition) is 4. The summed E-state index contributed by atoms with van der Waals surface area (Å²) >= 11 is 3.52. The lowest BCUT2D eigenvalue weighted by Crippen LogP contribution is -2.26. The second-order valence-electron chi connectivity index (χ2n) is 6.37. The summed E-state index contributed by atoms with van der Waals surface area (Å²) in [4.78, 5) is 14.5. The molecule has 140 valence electrons. The number of nitrogens with zero attached hydrogens (tertiary/aromatic N) is 2. The summed E-state index contributed by atoms with van der Waals surface area (Å²) in [5.41, 5.74) is 3.38. The lowest BCUT2D eigenvalue weighted by Gasteiger charge is -2.18. The van der Waals surface area contributed by atoms with E-state index < -0.39 is 0 Å². The van der Waals surface area contributed by atoms with Crippen LogP contribution in [0.25, 0.3) is 0 Å².